The zero-order valence-electron chi connectivity index (χ0n) is 16.0. The summed E-state index contributed by atoms with van der Waals surface area (Å²) in [7, 11) is 3.00. The van der Waals surface area contributed by atoms with E-state index in [4.69, 9.17) is 18.6 Å². The molecule has 9 heteroatoms. The molecule has 0 aliphatic heterocycles. The van der Waals surface area contributed by atoms with Crippen LogP contribution in [0.3, 0.4) is 0 Å². The number of halogens is 1. The number of methoxy groups -OCH3 is 2. The number of amides is 1. The molecule has 3 rings (SSSR count). The SMILES string of the molecule is COc1ccc(C(=O)Oc2ccc(/C=N\NC(=O)c3ccc(Br)o3)cc2OC)cc1. The van der Waals surface area contributed by atoms with Crippen LogP contribution >= 0.6 is 15.9 Å². The molecule has 2 aromatic carbocycles. The highest BCUT2D eigenvalue weighted by molar-refractivity contribution is 9.10. The van der Waals surface area contributed by atoms with Crippen LogP contribution in [0.4, 0.5) is 0 Å². The second kappa shape index (κ2) is 9.75. The molecule has 154 valence electrons. The van der Waals surface area contributed by atoms with E-state index in [9.17, 15) is 9.59 Å². The minimum Gasteiger partial charge on any atom is -0.497 e. The fourth-order valence-electron chi connectivity index (χ4n) is 2.39. The van der Waals surface area contributed by atoms with Crippen molar-refractivity contribution in [3.05, 3.63) is 76.2 Å². The quantitative estimate of drug-likeness (QED) is 0.241. The average Bonchev–Trinajstić information content (AvgIpc) is 3.21. The summed E-state index contributed by atoms with van der Waals surface area (Å²) in [5.74, 6) is 0.321. The standard InChI is InChI=1S/C21H17BrN2O6/c1-27-15-6-4-14(5-7-15)21(26)30-16-8-3-13(11-18(16)28-2)12-23-24-20(25)17-9-10-19(22)29-17/h3-12H,1-2H3,(H,24,25)/b23-12-. The van der Waals surface area contributed by atoms with Crippen molar-refractivity contribution >= 4 is 34.0 Å². The number of esters is 1. The molecular weight excluding hydrogens is 456 g/mol. The number of rotatable bonds is 7. The maximum atomic E-state index is 12.3. The lowest BCUT2D eigenvalue weighted by Crippen LogP contribution is -2.16. The third kappa shape index (κ3) is 5.26. The number of hydrogen-bond acceptors (Lipinski definition) is 7. The fraction of sp³-hybridized carbons (Fsp3) is 0.0952. The lowest BCUT2D eigenvalue weighted by atomic mass is 10.2. The number of hydrazone groups is 1. The Hall–Kier alpha value is -3.59. The highest BCUT2D eigenvalue weighted by Gasteiger charge is 2.13. The molecule has 0 aliphatic carbocycles. The molecule has 3 aromatic rings. The molecule has 0 unspecified atom stereocenters. The van der Waals surface area contributed by atoms with Crippen LogP contribution in [0.25, 0.3) is 0 Å². The summed E-state index contributed by atoms with van der Waals surface area (Å²) in [6.45, 7) is 0. The Morgan fingerprint density at radius 2 is 1.77 bits per heavy atom. The zero-order valence-corrected chi connectivity index (χ0v) is 17.6. The molecule has 0 saturated carbocycles. The van der Waals surface area contributed by atoms with Gasteiger partial charge >= 0.3 is 11.9 Å². The smallest absolute Gasteiger partial charge is 0.343 e. The van der Waals surface area contributed by atoms with E-state index in [1.807, 2.05) is 0 Å². The molecule has 0 atom stereocenters. The van der Waals surface area contributed by atoms with E-state index in [1.54, 1.807) is 55.6 Å². The predicted molar refractivity (Wildman–Crippen MR) is 112 cm³/mol. The second-order valence-corrected chi connectivity index (χ2v) is 6.61. The van der Waals surface area contributed by atoms with Gasteiger partial charge in [0.1, 0.15) is 5.75 Å². The molecule has 0 aliphatic rings. The lowest BCUT2D eigenvalue weighted by molar-refractivity contribution is 0.0729. The van der Waals surface area contributed by atoms with Gasteiger partial charge in [0.2, 0.25) is 0 Å². The fourth-order valence-corrected chi connectivity index (χ4v) is 2.70. The Labute approximate surface area is 180 Å². The van der Waals surface area contributed by atoms with Crippen LogP contribution in [0.2, 0.25) is 0 Å². The predicted octanol–water partition coefficient (Wildman–Crippen LogP) is 4.04. The van der Waals surface area contributed by atoms with Crippen molar-refractivity contribution in [1.29, 1.82) is 0 Å². The largest absolute Gasteiger partial charge is 0.497 e. The highest BCUT2D eigenvalue weighted by atomic mass is 79.9. The van der Waals surface area contributed by atoms with Gasteiger partial charge in [0.05, 0.1) is 26.0 Å². The summed E-state index contributed by atoms with van der Waals surface area (Å²) < 4.78 is 21.4. The lowest BCUT2D eigenvalue weighted by Gasteiger charge is -2.10. The van der Waals surface area contributed by atoms with Crippen molar-refractivity contribution in [3.8, 4) is 17.2 Å². The number of furan rings is 1. The third-order valence-corrected chi connectivity index (χ3v) is 4.32. The van der Waals surface area contributed by atoms with Crippen LogP contribution < -0.4 is 19.6 Å². The van der Waals surface area contributed by atoms with Gasteiger partial charge in [-0.3, -0.25) is 4.79 Å². The highest BCUT2D eigenvalue weighted by Crippen LogP contribution is 2.28. The van der Waals surface area contributed by atoms with Crippen LogP contribution in [-0.2, 0) is 0 Å². The summed E-state index contributed by atoms with van der Waals surface area (Å²) in [5.41, 5.74) is 3.35. The maximum Gasteiger partial charge on any atom is 0.343 e. The second-order valence-electron chi connectivity index (χ2n) is 5.83. The summed E-state index contributed by atoms with van der Waals surface area (Å²) in [6, 6.07) is 14.5. The first kappa shape index (κ1) is 21.1. The van der Waals surface area contributed by atoms with Crippen molar-refractivity contribution in [3.63, 3.8) is 0 Å². The van der Waals surface area contributed by atoms with Gasteiger partial charge in [-0.15, -0.1) is 0 Å². The van der Waals surface area contributed by atoms with Gasteiger partial charge in [-0.1, -0.05) is 0 Å². The number of nitrogens with one attached hydrogen (secondary N) is 1. The van der Waals surface area contributed by atoms with Gasteiger partial charge in [0.25, 0.3) is 0 Å². The summed E-state index contributed by atoms with van der Waals surface area (Å²) in [6.07, 6.45) is 1.42. The van der Waals surface area contributed by atoms with Crippen LogP contribution in [0, 0.1) is 0 Å². The molecule has 0 bridgehead atoms. The molecule has 1 amide bonds. The van der Waals surface area contributed by atoms with Crippen molar-refractivity contribution in [2.45, 2.75) is 0 Å². The average molecular weight is 473 g/mol. The maximum absolute atomic E-state index is 12.3. The van der Waals surface area contributed by atoms with Gasteiger partial charge in [-0.2, -0.15) is 5.10 Å². The van der Waals surface area contributed by atoms with E-state index in [0.717, 1.165) is 0 Å². The Balaban J connectivity index is 1.66. The first-order chi connectivity index (χ1) is 14.5. The minimum absolute atomic E-state index is 0.123. The molecule has 0 fully saturated rings. The van der Waals surface area contributed by atoms with E-state index in [-0.39, 0.29) is 11.5 Å². The van der Waals surface area contributed by atoms with E-state index >= 15 is 0 Å². The zero-order chi connectivity index (χ0) is 21.5. The number of carbonyl (C=O) groups is 2. The van der Waals surface area contributed by atoms with Crippen molar-refractivity contribution in [2.75, 3.05) is 14.2 Å². The monoisotopic (exact) mass is 472 g/mol. The van der Waals surface area contributed by atoms with E-state index in [1.165, 1.54) is 19.4 Å². The topological polar surface area (TPSA) is 99.4 Å². The van der Waals surface area contributed by atoms with Gasteiger partial charge in [-0.25, -0.2) is 10.2 Å². The normalized spacial score (nSPS) is 10.6. The van der Waals surface area contributed by atoms with Gasteiger partial charge in [-0.05, 0) is 76.1 Å². The molecule has 1 N–H and O–H groups in total. The van der Waals surface area contributed by atoms with Crippen molar-refractivity contribution in [1.82, 2.24) is 5.43 Å². The van der Waals surface area contributed by atoms with Crippen LogP contribution in [0.5, 0.6) is 17.2 Å². The number of carbonyl (C=O) groups excluding carboxylic acids is 2. The molecule has 8 nitrogen and oxygen atoms in total. The van der Waals surface area contributed by atoms with Gasteiger partial charge < -0.3 is 18.6 Å². The van der Waals surface area contributed by atoms with Crippen molar-refractivity contribution < 1.29 is 28.2 Å². The third-order valence-electron chi connectivity index (χ3n) is 3.89. The van der Waals surface area contributed by atoms with Gasteiger partial charge in [0, 0.05) is 0 Å². The van der Waals surface area contributed by atoms with Crippen LogP contribution in [0.15, 0.2) is 68.8 Å². The molecule has 1 aromatic heterocycles. The first-order valence-electron chi connectivity index (χ1n) is 8.63. The molecule has 0 radical (unpaired) electrons. The van der Waals surface area contributed by atoms with Gasteiger partial charge in [0.15, 0.2) is 21.9 Å². The van der Waals surface area contributed by atoms with Crippen molar-refractivity contribution in [2.24, 2.45) is 5.10 Å². The Bertz CT molecular complexity index is 1080. The summed E-state index contributed by atoms with van der Waals surface area (Å²) in [4.78, 5) is 24.2. The molecular formula is C21H17BrN2O6. The number of ether oxygens (including phenoxy) is 3. The number of nitrogens with zero attached hydrogens (tertiary/aromatic N) is 1. The van der Waals surface area contributed by atoms with Crippen LogP contribution in [-0.4, -0.2) is 32.3 Å². The minimum atomic E-state index is -0.533. The number of benzene rings is 2. The first-order valence-corrected chi connectivity index (χ1v) is 9.42. The van der Waals surface area contributed by atoms with E-state index < -0.39 is 11.9 Å². The summed E-state index contributed by atoms with van der Waals surface area (Å²) in [5, 5.41) is 3.88. The molecule has 30 heavy (non-hydrogen) atoms. The molecule has 1 heterocycles. The van der Waals surface area contributed by atoms with Crippen LogP contribution in [0.1, 0.15) is 26.5 Å². The molecule has 0 saturated heterocycles. The van der Waals surface area contributed by atoms with E-state index in [2.05, 4.69) is 26.5 Å². The Morgan fingerprint density at radius 1 is 1.00 bits per heavy atom. The number of hydrogen-bond donors (Lipinski definition) is 1. The Morgan fingerprint density at radius 3 is 2.40 bits per heavy atom. The molecule has 0 spiro atoms. The van der Waals surface area contributed by atoms with E-state index in [0.29, 0.717) is 27.3 Å². The summed E-state index contributed by atoms with van der Waals surface area (Å²) >= 11 is 3.13. The Kier molecular flexibility index (Phi) is 6.87.